The molecule has 0 aliphatic rings. The fraction of sp³-hybridized carbons (Fsp3) is 0.0500. The van der Waals surface area contributed by atoms with Gasteiger partial charge in [-0.3, -0.25) is 9.20 Å². The Hall–Kier alpha value is -3.56. The van der Waals surface area contributed by atoms with E-state index >= 15 is 0 Å². The smallest absolute Gasteiger partial charge is 0.265 e. The largest absolute Gasteiger partial charge is 0.307 e. The predicted octanol–water partition coefficient (Wildman–Crippen LogP) is 2.75. The summed E-state index contributed by atoms with van der Waals surface area (Å²) in [5, 5.41) is 10.6. The molecular weight excluding hydrogens is 362 g/mol. The second-order valence-corrected chi connectivity index (χ2v) is 6.45. The third-order valence-corrected chi connectivity index (χ3v) is 4.60. The van der Waals surface area contributed by atoms with Crippen molar-refractivity contribution in [3.63, 3.8) is 0 Å². The maximum Gasteiger partial charge on any atom is 0.265 e. The van der Waals surface area contributed by atoms with Gasteiger partial charge >= 0.3 is 0 Å². The maximum absolute atomic E-state index is 13.1. The van der Waals surface area contributed by atoms with Crippen LogP contribution in [0.4, 0.5) is 5.69 Å². The van der Waals surface area contributed by atoms with Crippen molar-refractivity contribution in [3.8, 4) is 6.07 Å². The molecule has 0 saturated carbocycles. The molecule has 2 aromatic carbocycles. The van der Waals surface area contributed by atoms with Gasteiger partial charge in [0.2, 0.25) is 0 Å². The number of hydrazine groups is 1. The molecule has 4 aromatic rings. The second kappa shape index (κ2) is 6.63. The molecule has 2 heterocycles. The highest BCUT2D eigenvalue weighted by atomic mass is 35.5. The third kappa shape index (κ3) is 2.84. The van der Waals surface area contributed by atoms with Crippen molar-refractivity contribution in [3.05, 3.63) is 80.3 Å². The zero-order valence-electron chi connectivity index (χ0n) is 14.3. The van der Waals surface area contributed by atoms with Gasteiger partial charge in [-0.25, -0.2) is 4.98 Å². The molecule has 0 aliphatic heterocycles. The number of nitrogens with zero attached hydrogens (tertiary/aromatic N) is 3. The number of hydrogen-bond donors (Lipinski definition) is 2. The lowest BCUT2D eigenvalue weighted by Crippen LogP contribution is -2.36. The SMILES string of the molecule is Cc1c(C#N)c2nc3ccccc3n2c(=O)c1=CNNc1cccc(Cl)c1. The number of pyridine rings is 1. The van der Waals surface area contributed by atoms with Crippen molar-refractivity contribution in [1.29, 1.82) is 5.26 Å². The highest BCUT2D eigenvalue weighted by molar-refractivity contribution is 6.30. The first kappa shape index (κ1) is 16.9. The molecule has 0 bridgehead atoms. The Balaban J connectivity index is 1.88. The van der Waals surface area contributed by atoms with Gasteiger partial charge in [-0.05, 0) is 42.8 Å². The van der Waals surface area contributed by atoms with Gasteiger partial charge in [0.15, 0.2) is 5.65 Å². The summed E-state index contributed by atoms with van der Waals surface area (Å²) in [6.45, 7) is 1.74. The van der Waals surface area contributed by atoms with E-state index in [1.54, 1.807) is 25.3 Å². The van der Waals surface area contributed by atoms with E-state index in [-0.39, 0.29) is 5.56 Å². The van der Waals surface area contributed by atoms with Gasteiger partial charge in [0, 0.05) is 11.2 Å². The third-order valence-electron chi connectivity index (χ3n) is 4.37. The fourth-order valence-electron chi connectivity index (χ4n) is 3.04. The van der Waals surface area contributed by atoms with Crippen molar-refractivity contribution in [2.75, 3.05) is 5.43 Å². The Morgan fingerprint density at radius 2 is 2.04 bits per heavy atom. The molecule has 0 saturated heterocycles. The van der Waals surface area contributed by atoms with Crippen LogP contribution < -0.4 is 21.6 Å². The first-order valence-corrected chi connectivity index (χ1v) is 8.59. The lowest BCUT2D eigenvalue weighted by atomic mass is 10.1. The van der Waals surface area contributed by atoms with Crippen LogP contribution in [0, 0.1) is 18.3 Å². The minimum absolute atomic E-state index is 0.240. The molecule has 0 radical (unpaired) electrons. The number of hydrogen-bond acceptors (Lipinski definition) is 5. The number of para-hydroxylation sites is 2. The average Bonchev–Trinajstić information content (AvgIpc) is 3.04. The molecule has 0 amide bonds. The topological polar surface area (TPSA) is 82.2 Å². The van der Waals surface area contributed by atoms with E-state index in [0.717, 1.165) is 5.69 Å². The number of fused-ring (bicyclic) bond motifs is 3. The lowest BCUT2D eigenvalue weighted by molar-refractivity contribution is 1.06. The van der Waals surface area contributed by atoms with Crippen molar-refractivity contribution < 1.29 is 0 Å². The highest BCUT2D eigenvalue weighted by Crippen LogP contribution is 2.17. The summed E-state index contributed by atoms with van der Waals surface area (Å²) in [7, 11) is 0. The van der Waals surface area contributed by atoms with Gasteiger partial charge in [0.05, 0.1) is 27.5 Å². The summed E-state index contributed by atoms with van der Waals surface area (Å²) in [5.74, 6) is 0. The molecule has 7 heteroatoms. The number of nitrogens with one attached hydrogen (secondary N) is 2. The molecular formula is C20H14ClN5O. The van der Waals surface area contributed by atoms with Gasteiger partial charge in [0.1, 0.15) is 6.07 Å². The van der Waals surface area contributed by atoms with E-state index < -0.39 is 0 Å². The zero-order chi connectivity index (χ0) is 19.0. The molecule has 0 aliphatic carbocycles. The Morgan fingerprint density at radius 3 is 2.81 bits per heavy atom. The van der Waals surface area contributed by atoms with Crippen LogP contribution in [-0.2, 0) is 0 Å². The second-order valence-electron chi connectivity index (χ2n) is 6.01. The summed E-state index contributed by atoms with van der Waals surface area (Å²) in [5.41, 5.74) is 9.06. The van der Waals surface area contributed by atoms with Crippen molar-refractivity contribution in [1.82, 2.24) is 14.8 Å². The number of nitriles is 1. The summed E-state index contributed by atoms with van der Waals surface area (Å²) >= 11 is 5.96. The fourth-order valence-corrected chi connectivity index (χ4v) is 3.23. The highest BCUT2D eigenvalue weighted by Gasteiger charge is 2.15. The molecule has 4 rings (SSSR count). The van der Waals surface area contributed by atoms with Crippen molar-refractivity contribution >= 4 is 40.2 Å². The monoisotopic (exact) mass is 375 g/mol. The lowest BCUT2D eigenvalue weighted by Gasteiger charge is -2.07. The number of benzene rings is 2. The molecule has 0 unspecified atom stereocenters. The van der Waals surface area contributed by atoms with E-state index in [1.165, 1.54) is 4.40 Å². The minimum Gasteiger partial charge on any atom is -0.307 e. The quantitative estimate of drug-likeness (QED) is 0.538. The van der Waals surface area contributed by atoms with Crippen molar-refractivity contribution in [2.45, 2.75) is 6.92 Å². The standard InChI is InChI=1S/C20H14ClN5O/c1-12-15(10-22)19-24-17-7-2-3-8-18(17)26(19)20(27)16(12)11-23-25-14-6-4-5-13(21)9-14/h2-9,11,23,25H,1H3. The zero-order valence-corrected chi connectivity index (χ0v) is 15.1. The van der Waals surface area contributed by atoms with Crippen LogP contribution in [0.3, 0.4) is 0 Å². The van der Waals surface area contributed by atoms with Gasteiger partial charge < -0.3 is 10.9 Å². The molecule has 27 heavy (non-hydrogen) atoms. The van der Waals surface area contributed by atoms with Crippen molar-refractivity contribution in [2.24, 2.45) is 0 Å². The first-order chi connectivity index (χ1) is 13.1. The molecule has 2 N–H and O–H groups in total. The van der Waals surface area contributed by atoms with Gasteiger partial charge in [-0.2, -0.15) is 5.26 Å². The normalized spacial score (nSPS) is 11.7. The number of imidazole rings is 1. The molecule has 132 valence electrons. The molecule has 6 nitrogen and oxygen atoms in total. The summed E-state index contributed by atoms with van der Waals surface area (Å²) in [4.78, 5) is 17.5. The van der Waals surface area contributed by atoms with E-state index in [4.69, 9.17) is 11.6 Å². The maximum atomic E-state index is 13.1. The minimum atomic E-state index is -0.240. The Labute approximate surface area is 159 Å². The van der Waals surface area contributed by atoms with Crippen LogP contribution in [0.15, 0.2) is 53.3 Å². The molecule has 0 fully saturated rings. The van der Waals surface area contributed by atoms with Crippen LogP contribution in [0.2, 0.25) is 5.02 Å². The number of aromatic nitrogens is 2. The Kier molecular flexibility index (Phi) is 4.15. The first-order valence-electron chi connectivity index (χ1n) is 8.21. The average molecular weight is 376 g/mol. The van der Waals surface area contributed by atoms with Gasteiger partial charge in [0.25, 0.3) is 5.56 Å². The van der Waals surface area contributed by atoms with Gasteiger partial charge in [-0.1, -0.05) is 29.8 Å². The summed E-state index contributed by atoms with van der Waals surface area (Å²) < 4.78 is 1.48. The summed E-state index contributed by atoms with van der Waals surface area (Å²) in [6, 6.07) is 16.7. The van der Waals surface area contributed by atoms with Gasteiger partial charge in [-0.15, -0.1) is 0 Å². The van der Waals surface area contributed by atoms with Crippen LogP contribution >= 0.6 is 11.6 Å². The van der Waals surface area contributed by atoms with Crippen LogP contribution in [-0.4, -0.2) is 9.38 Å². The van der Waals surface area contributed by atoms with Crippen LogP contribution in [0.25, 0.3) is 22.9 Å². The molecule has 0 spiro atoms. The van der Waals surface area contributed by atoms with E-state index in [9.17, 15) is 10.1 Å². The number of rotatable bonds is 3. The van der Waals surface area contributed by atoms with E-state index in [0.29, 0.717) is 38.0 Å². The Bertz CT molecular complexity index is 1340. The predicted molar refractivity (Wildman–Crippen MR) is 106 cm³/mol. The molecule has 0 atom stereocenters. The van der Waals surface area contributed by atoms with E-state index in [1.807, 2.05) is 36.4 Å². The number of halogens is 1. The van der Waals surface area contributed by atoms with Crippen LogP contribution in [0.5, 0.6) is 0 Å². The summed E-state index contributed by atoms with van der Waals surface area (Å²) in [6.07, 6.45) is 1.55. The number of anilines is 1. The van der Waals surface area contributed by atoms with Crippen LogP contribution in [0.1, 0.15) is 11.1 Å². The van der Waals surface area contributed by atoms with E-state index in [2.05, 4.69) is 21.9 Å². The Morgan fingerprint density at radius 1 is 1.22 bits per heavy atom. The molecule has 2 aromatic heterocycles.